The van der Waals surface area contributed by atoms with E-state index < -0.39 is 0 Å². The molecular formula is C21H47N3. The van der Waals surface area contributed by atoms with Crippen LogP contribution in [0.3, 0.4) is 0 Å². The predicted molar refractivity (Wildman–Crippen MR) is 109 cm³/mol. The fourth-order valence-corrected chi connectivity index (χ4v) is 4.08. The Morgan fingerprint density at radius 3 is 1.50 bits per heavy atom. The second-order valence-electron chi connectivity index (χ2n) is 10.4. The second kappa shape index (κ2) is 8.05. The van der Waals surface area contributed by atoms with Crippen LogP contribution in [0.15, 0.2) is 0 Å². The number of hydrogen-bond donors (Lipinski definition) is 1. The Balaban J connectivity index is 5.68. The summed E-state index contributed by atoms with van der Waals surface area (Å²) in [5.41, 5.74) is 4.21. The SMILES string of the molecule is CCC(CC)(N(C)C(C)(C)NN(CC(C)C)C(C)(C)C)C(C)(C)C. The van der Waals surface area contributed by atoms with Crippen LogP contribution in [0.5, 0.6) is 0 Å². The second-order valence-corrected chi connectivity index (χ2v) is 10.4. The van der Waals surface area contributed by atoms with Crippen molar-refractivity contribution in [1.29, 1.82) is 0 Å². The lowest BCUT2D eigenvalue weighted by atomic mass is 9.68. The molecule has 0 amide bonds. The number of nitrogens with one attached hydrogen (secondary N) is 1. The third-order valence-electron chi connectivity index (χ3n) is 5.81. The fourth-order valence-electron chi connectivity index (χ4n) is 4.08. The fraction of sp³-hybridized carbons (Fsp3) is 1.00. The molecule has 0 radical (unpaired) electrons. The zero-order valence-electron chi connectivity index (χ0n) is 19.1. The molecule has 0 saturated carbocycles. The van der Waals surface area contributed by atoms with Crippen molar-refractivity contribution >= 4 is 0 Å². The highest BCUT2D eigenvalue weighted by molar-refractivity contribution is 5.01. The van der Waals surface area contributed by atoms with Gasteiger partial charge in [0.1, 0.15) is 0 Å². The zero-order chi connectivity index (χ0) is 19.6. The van der Waals surface area contributed by atoms with Gasteiger partial charge in [-0.3, -0.25) is 4.90 Å². The minimum Gasteiger partial charge on any atom is -0.282 e. The van der Waals surface area contributed by atoms with Crippen LogP contribution in [-0.2, 0) is 0 Å². The lowest BCUT2D eigenvalue weighted by molar-refractivity contribution is -0.113. The summed E-state index contributed by atoms with van der Waals surface area (Å²) < 4.78 is 0. The first-order valence-electron chi connectivity index (χ1n) is 9.84. The van der Waals surface area contributed by atoms with E-state index in [9.17, 15) is 0 Å². The largest absolute Gasteiger partial charge is 0.282 e. The van der Waals surface area contributed by atoms with Crippen molar-refractivity contribution < 1.29 is 0 Å². The Hall–Kier alpha value is -0.120. The van der Waals surface area contributed by atoms with E-state index in [0.29, 0.717) is 5.92 Å². The van der Waals surface area contributed by atoms with Crippen molar-refractivity contribution in [1.82, 2.24) is 15.3 Å². The summed E-state index contributed by atoms with van der Waals surface area (Å²) in [6.45, 7) is 28.9. The van der Waals surface area contributed by atoms with E-state index in [0.717, 1.165) is 19.4 Å². The monoisotopic (exact) mass is 341 g/mol. The summed E-state index contributed by atoms with van der Waals surface area (Å²) in [7, 11) is 2.29. The Morgan fingerprint density at radius 1 is 0.833 bits per heavy atom. The molecule has 0 heterocycles. The maximum atomic E-state index is 3.87. The third-order valence-corrected chi connectivity index (χ3v) is 5.81. The normalized spacial score (nSPS) is 15.0. The standard InChI is InChI=1S/C21H47N3/c1-14-21(15-2,18(5,6)7)23(13)20(11,12)22-24(16-17(3)4)19(8,9)10/h17,22H,14-16H2,1-13H3. The quantitative estimate of drug-likeness (QED) is 0.463. The highest BCUT2D eigenvalue weighted by Gasteiger charge is 2.47. The Bertz CT molecular complexity index is 368. The van der Waals surface area contributed by atoms with Crippen LogP contribution < -0.4 is 5.43 Å². The van der Waals surface area contributed by atoms with Crippen LogP contribution in [0, 0.1) is 11.3 Å². The molecule has 146 valence electrons. The van der Waals surface area contributed by atoms with Gasteiger partial charge in [-0.15, -0.1) is 0 Å². The van der Waals surface area contributed by atoms with Gasteiger partial charge in [-0.05, 0) is 65.8 Å². The van der Waals surface area contributed by atoms with Gasteiger partial charge in [-0.2, -0.15) is 0 Å². The molecule has 0 atom stereocenters. The summed E-state index contributed by atoms with van der Waals surface area (Å²) in [5, 5.41) is 2.42. The molecule has 0 aliphatic carbocycles. The molecule has 3 nitrogen and oxygen atoms in total. The molecule has 0 bridgehead atoms. The van der Waals surface area contributed by atoms with E-state index in [1.165, 1.54) is 0 Å². The molecule has 0 fully saturated rings. The van der Waals surface area contributed by atoms with Crippen molar-refractivity contribution in [3.63, 3.8) is 0 Å². The Kier molecular flexibility index (Phi) is 8.01. The zero-order valence-corrected chi connectivity index (χ0v) is 19.1. The van der Waals surface area contributed by atoms with Crippen LogP contribution in [0.1, 0.15) is 95.9 Å². The van der Waals surface area contributed by atoms with Crippen LogP contribution in [0.25, 0.3) is 0 Å². The maximum absolute atomic E-state index is 3.87. The molecule has 24 heavy (non-hydrogen) atoms. The van der Waals surface area contributed by atoms with Gasteiger partial charge in [0.2, 0.25) is 0 Å². The Morgan fingerprint density at radius 2 is 1.25 bits per heavy atom. The molecule has 0 saturated heterocycles. The minimum atomic E-state index is -0.124. The summed E-state index contributed by atoms with van der Waals surface area (Å²) in [4.78, 5) is 2.58. The number of hydrazine groups is 1. The van der Waals surface area contributed by atoms with Gasteiger partial charge in [0.25, 0.3) is 0 Å². The molecule has 0 spiro atoms. The molecule has 0 unspecified atom stereocenters. The van der Waals surface area contributed by atoms with E-state index in [1.54, 1.807) is 0 Å². The molecule has 0 aliphatic rings. The van der Waals surface area contributed by atoms with Gasteiger partial charge >= 0.3 is 0 Å². The lowest BCUT2D eigenvalue weighted by Gasteiger charge is -2.58. The van der Waals surface area contributed by atoms with E-state index in [1.807, 2.05) is 0 Å². The van der Waals surface area contributed by atoms with E-state index in [4.69, 9.17) is 0 Å². The van der Waals surface area contributed by atoms with Gasteiger partial charge in [0.15, 0.2) is 0 Å². The molecule has 0 rings (SSSR count). The van der Waals surface area contributed by atoms with E-state index in [2.05, 4.69) is 105 Å². The number of hydrogen-bond acceptors (Lipinski definition) is 3. The van der Waals surface area contributed by atoms with Crippen molar-refractivity contribution in [2.24, 2.45) is 11.3 Å². The first-order valence-corrected chi connectivity index (χ1v) is 9.84. The van der Waals surface area contributed by atoms with E-state index >= 15 is 0 Å². The maximum Gasteiger partial charge on any atom is 0.0789 e. The van der Waals surface area contributed by atoms with E-state index in [-0.39, 0.29) is 22.2 Å². The average Bonchev–Trinajstić information content (AvgIpc) is 2.36. The molecule has 3 heteroatoms. The summed E-state index contributed by atoms with van der Waals surface area (Å²) >= 11 is 0. The van der Waals surface area contributed by atoms with Gasteiger partial charge in [-0.1, -0.05) is 48.5 Å². The van der Waals surface area contributed by atoms with Crippen LogP contribution in [0.2, 0.25) is 0 Å². The summed E-state index contributed by atoms with van der Waals surface area (Å²) in [6.07, 6.45) is 2.29. The summed E-state index contributed by atoms with van der Waals surface area (Å²) in [5.74, 6) is 0.627. The molecule has 0 aliphatic heterocycles. The molecular weight excluding hydrogens is 294 g/mol. The molecule has 0 aromatic carbocycles. The minimum absolute atomic E-state index is 0.0885. The van der Waals surface area contributed by atoms with Crippen molar-refractivity contribution in [3.8, 4) is 0 Å². The number of nitrogens with zero attached hydrogens (tertiary/aromatic N) is 2. The lowest BCUT2D eigenvalue weighted by Crippen LogP contribution is -2.70. The highest BCUT2D eigenvalue weighted by Crippen LogP contribution is 2.43. The first-order chi connectivity index (χ1) is 10.5. The number of rotatable bonds is 8. The third kappa shape index (κ3) is 5.44. The van der Waals surface area contributed by atoms with Crippen LogP contribution in [-0.4, -0.2) is 40.2 Å². The molecule has 0 aromatic rings. The Labute approximate surface area is 153 Å². The molecule has 1 N–H and O–H groups in total. The van der Waals surface area contributed by atoms with Gasteiger partial charge in [0, 0.05) is 17.6 Å². The van der Waals surface area contributed by atoms with Gasteiger partial charge in [0.05, 0.1) is 5.66 Å². The summed E-state index contributed by atoms with van der Waals surface area (Å²) in [6, 6.07) is 0. The topological polar surface area (TPSA) is 18.5 Å². The molecule has 0 aromatic heterocycles. The predicted octanol–water partition coefficient (Wildman–Crippen LogP) is 5.52. The van der Waals surface area contributed by atoms with Crippen LogP contribution in [0.4, 0.5) is 0 Å². The van der Waals surface area contributed by atoms with Gasteiger partial charge in [-0.25, -0.2) is 10.4 Å². The first kappa shape index (κ1) is 23.9. The van der Waals surface area contributed by atoms with Crippen molar-refractivity contribution in [2.45, 2.75) is 113 Å². The highest BCUT2D eigenvalue weighted by atomic mass is 15.6. The van der Waals surface area contributed by atoms with Gasteiger partial charge < -0.3 is 0 Å². The van der Waals surface area contributed by atoms with Crippen molar-refractivity contribution in [2.75, 3.05) is 13.6 Å². The van der Waals surface area contributed by atoms with Crippen LogP contribution >= 0.6 is 0 Å². The van der Waals surface area contributed by atoms with Crippen molar-refractivity contribution in [3.05, 3.63) is 0 Å². The smallest absolute Gasteiger partial charge is 0.0789 e. The average molecular weight is 342 g/mol.